The van der Waals surface area contributed by atoms with Gasteiger partial charge in [0.1, 0.15) is 23.1 Å². The molecule has 41 heavy (non-hydrogen) atoms. The van der Waals surface area contributed by atoms with E-state index in [1.54, 1.807) is 37.3 Å². The topological polar surface area (TPSA) is 110 Å². The summed E-state index contributed by atoms with van der Waals surface area (Å²) < 4.78 is 30.5. The normalized spacial score (nSPS) is 24.1. The van der Waals surface area contributed by atoms with Crippen LogP contribution in [0.15, 0.2) is 52.9 Å². The van der Waals surface area contributed by atoms with Gasteiger partial charge in [-0.15, -0.1) is 0 Å². The fourth-order valence-electron chi connectivity index (χ4n) is 5.89. The highest BCUT2D eigenvalue weighted by atomic mass is 35.5. The Hall–Kier alpha value is -3.76. The lowest BCUT2D eigenvalue weighted by Crippen LogP contribution is -2.53. The van der Waals surface area contributed by atoms with Gasteiger partial charge in [0, 0.05) is 22.7 Å². The summed E-state index contributed by atoms with van der Waals surface area (Å²) in [4.78, 5) is 40.7. The number of nitrogens with one attached hydrogen (secondary N) is 2. The Balaban J connectivity index is 1.07. The number of rotatable bonds is 7. The summed E-state index contributed by atoms with van der Waals surface area (Å²) in [5, 5.41) is 6.48. The Morgan fingerprint density at radius 3 is 2.63 bits per heavy atom. The van der Waals surface area contributed by atoms with Gasteiger partial charge in [-0.05, 0) is 74.6 Å². The Labute approximate surface area is 244 Å². The molecule has 3 amide bonds. The summed E-state index contributed by atoms with van der Waals surface area (Å²) in [5.74, 6) is -0.226. The minimum atomic E-state index is -0.958. The number of hydrogen-bond acceptors (Lipinski definition) is 6. The van der Waals surface area contributed by atoms with Crippen LogP contribution in [0.2, 0.25) is 10.0 Å². The van der Waals surface area contributed by atoms with E-state index in [4.69, 9.17) is 37.1 Å². The Kier molecular flexibility index (Phi) is 7.07. The number of halogens is 3. The molecule has 9 nitrogen and oxygen atoms in total. The number of nitrogens with zero attached hydrogens (tertiary/aromatic N) is 1. The average molecular weight is 602 g/mol. The summed E-state index contributed by atoms with van der Waals surface area (Å²) in [6, 6.07) is 12.0. The highest BCUT2D eigenvalue weighted by molar-refractivity contribution is 6.31. The average Bonchev–Trinajstić information content (AvgIpc) is 3.60. The van der Waals surface area contributed by atoms with Gasteiger partial charge in [-0.25, -0.2) is 4.39 Å². The number of hydrogen-bond donors (Lipinski definition) is 2. The van der Waals surface area contributed by atoms with Gasteiger partial charge in [-0.3, -0.25) is 19.3 Å². The van der Waals surface area contributed by atoms with Crippen LogP contribution in [0.4, 0.5) is 10.1 Å². The summed E-state index contributed by atoms with van der Waals surface area (Å²) in [7, 11) is 0. The molecule has 214 valence electrons. The molecule has 1 aromatic heterocycles. The highest BCUT2D eigenvalue weighted by Gasteiger charge is 2.57. The van der Waals surface area contributed by atoms with Crippen molar-refractivity contribution < 1.29 is 32.7 Å². The molecule has 3 aliphatic carbocycles. The van der Waals surface area contributed by atoms with Crippen molar-refractivity contribution in [2.75, 3.05) is 18.1 Å². The maximum Gasteiger partial charge on any atom is 0.294 e. The van der Waals surface area contributed by atoms with Crippen molar-refractivity contribution in [2.24, 2.45) is 5.92 Å². The van der Waals surface area contributed by atoms with Crippen LogP contribution in [0.5, 0.6) is 11.5 Å². The molecule has 2 N–H and O–H groups in total. The van der Waals surface area contributed by atoms with Crippen molar-refractivity contribution in [3.8, 4) is 11.5 Å². The van der Waals surface area contributed by atoms with Gasteiger partial charge in [-0.1, -0.05) is 23.2 Å². The predicted molar refractivity (Wildman–Crippen MR) is 148 cm³/mol. The highest BCUT2D eigenvalue weighted by Crippen LogP contribution is 2.52. The minimum absolute atomic E-state index is 0.0281. The molecule has 2 aromatic carbocycles. The van der Waals surface area contributed by atoms with E-state index in [-0.39, 0.29) is 53.5 Å². The SMILES string of the molecule is Cc1ccc(C(=O)N2CC(C(=O)NC3CC4(NC(=O)COc5ccc(Cl)c(F)c5)CC3C4)Oc3ccc(Cl)cc32)o1. The van der Waals surface area contributed by atoms with Gasteiger partial charge >= 0.3 is 0 Å². The summed E-state index contributed by atoms with van der Waals surface area (Å²) in [6.45, 7) is 1.44. The number of carbonyl (C=O) groups excluding carboxylic acids is 3. The van der Waals surface area contributed by atoms with Gasteiger partial charge in [-0.2, -0.15) is 0 Å². The van der Waals surface area contributed by atoms with E-state index in [2.05, 4.69) is 10.6 Å². The van der Waals surface area contributed by atoms with Crippen LogP contribution in [0.25, 0.3) is 0 Å². The second-order valence-electron chi connectivity index (χ2n) is 10.7. The molecule has 3 aromatic rings. The Bertz CT molecular complexity index is 1540. The summed E-state index contributed by atoms with van der Waals surface area (Å²) in [5.41, 5.74) is 0.0125. The number of anilines is 1. The van der Waals surface area contributed by atoms with Crippen LogP contribution in [-0.4, -0.2) is 48.6 Å². The van der Waals surface area contributed by atoms with Gasteiger partial charge < -0.3 is 24.5 Å². The fraction of sp³-hybridized carbons (Fsp3) is 0.345. The van der Waals surface area contributed by atoms with Gasteiger partial charge in [0.15, 0.2) is 18.5 Å². The largest absolute Gasteiger partial charge is 0.484 e. The summed E-state index contributed by atoms with van der Waals surface area (Å²) in [6.07, 6.45) is 1.03. The number of amides is 3. The summed E-state index contributed by atoms with van der Waals surface area (Å²) >= 11 is 11.9. The van der Waals surface area contributed by atoms with Crippen molar-refractivity contribution in [1.82, 2.24) is 10.6 Å². The maximum atomic E-state index is 13.6. The molecule has 0 radical (unpaired) electrons. The number of benzene rings is 2. The van der Waals surface area contributed by atoms with Gasteiger partial charge in [0.2, 0.25) is 0 Å². The zero-order valence-electron chi connectivity index (χ0n) is 21.9. The van der Waals surface area contributed by atoms with Crippen molar-refractivity contribution in [2.45, 2.75) is 43.9 Å². The van der Waals surface area contributed by atoms with E-state index in [0.29, 0.717) is 41.5 Å². The van der Waals surface area contributed by atoms with Crippen molar-refractivity contribution >= 4 is 46.6 Å². The van der Waals surface area contributed by atoms with E-state index in [1.165, 1.54) is 17.0 Å². The van der Waals surface area contributed by atoms with E-state index in [0.717, 1.165) is 6.07 Å². The first-order valence-electron chi connectivity index (χ1n) is 13.1. The van der Waals surface area contributed by atoms with Crippen molar-refractivity contribution in [1.29, 1.82) is 0 Å². The van der Waals surface area contributed by atoms with Crippen molar-refractivity contribution in [3.05, 3.63) is 75.9 Å². The van der Waals surface area contributed by atoms with Crippen molar-refractivity contribution in [3.63, 3.8) is 0 Å². The zero-order chi connectivity index (χ0) is 28.9. The first-order valence-corrected chi connectivity index (χ1v) is 13.9. The minimum Gasteiger partial charge on any atom is -0.484 e. The molecule has 2 unspecified atom stereocenters. The molecule has 12 heteroatoms. The van der Waals surface area contributed by atoms with Crippen LogP contribution in [0, 0.1) is 18.7 Å². The first kappa shape index (κ1) is 27.4. The lowest BCUT2D eigenvalue weighted by atomic mass is 9.76. The molecule has 4 aliphatic rings. The van der Waals surface area contributed by atoms with E-state index < -0.39 is 23.4 Å². The van der Waals surface area contributed by atoms with Crippen LogP contribution >= 0.6 is 23.2 Å². The Morgan fingerprint density at radius 2 is 1.90 bits per heavy atom. The maximum absolute atomic E-state index is 13.6. The second-order valence-corrected chi connectivity index (χ2v) is 11.6. The quantitative estimate of drug-likeness (QED) is 0.407. The molecule has 0 saturated heterocycles. The number of ether oxygens (including phenoxy) is 2. The molecular weight excluding hydrogens is 576 g/mol. The molecule has 7 rings (SSSR count). The van der Waals surface area contributed by atoms with Crippen LogP contribution < -0.4 is 25.0 Å². The molecule has 0 spiro atoms. The third-order valence-electron chi connectivity index (χ3n) is 7.80. The molecule has 2 atom stereocenters. The Morgan fingerprint density at radius 1 is 1.10 bits per heavy atom. The zero-order valence-corrected chi connectivity index (χ0v) is 23.4. The number of aryl methyl sites for hydroxylation is 1. The lowest BCUT2D eigenvalue weighted by molar-refractivity contribution is -0.129. The molecule has 2 bridgehead atoms. The third-order valence-corrected chi connectivity index (χ3v) is 8.34. The lowest BCUT2D eigenvalue weighted by Gasteiger charge is -2.39. The molecule has 3 saturated carbocycles. The standard InChI is InChI=1S/C29H26Cl2FN3O6/c1-15-2-6-24(40-15)28(38)35-13-25(41-23-7-3-17(30)8-22(23)35)27(37)33-21-12-29(10-16(21)11-29)34-26(36)14-39-18-4-5-19(31)20(32)9-18/h2-9,16,21,25H,10-14H2,1H3,(H,33,37)(H,34,36). The smallest absolute Gasteiger partial charge is 0.294 e. The van der Waals surface area contributed by atoms with Crippen LogP contribution in [0.3, 0.4) is 0 Å². The van der Waals surface area contributed by atoms with E-state index in [9.17, 15) is 18.8 Å². The van der Waals surface area contributed by atoms with E-state index in [1.807, 2.05) is 0 Å². The fourth-order valence-corrected chi connectivity index (χ4v) is 6.18. The second kappa shape index (κ2) is 10.6. The van der Waals surface area contributed by atoms with Gasteiger partial charge in [0.25, 0.3) is 17.7 Å². The van der Waals surface area contributed by atoms with Crippen LogP contribution in [-0.2, 0) is 9.59 Å². The third kappa shape index (κ3) is 5.46. The first-order chi connectivity index (χ1) is 19.6. The number of fused-ring (bicyclic) bond motifs is 2. The molecule has 1 aliphatic heterocycles. The van der Waals surface area contributed by atoms with Crippen LogP contribution in [0.1, 0.15) is 35.6 Å². The van der Waals surface area contributed by atoms with E-state index >= 15 is 0 Å². The number of carbonyl (C=O) groups is 3. The molecular formula is C29H26Cl2FN3O6. The number of furan rings is 1. The molecule has 2 heterocycles. The molecule has 3 fully saturated rings. The van der Waals surface area contributed by atoms with Gasteiger partial charge in [0.05, 0.1) is 17.3 Å². The monoisotopic (exact) mass is 601 g/mol. The predicted octanol–water partition coefficient (Wildman–Crippen LogP) is 4.67.